The molecule has 1 aliphatic rings. The Morgan fingerprint density at radius 1 is 1.55 bits per heavy atom. The first-order chi connectivity index (χ1) is 9.50. The highest BCUT2D eigenvalue weighted by molar-refractivity contribution is 7.89. The topological polar surface area (TPSA) is 100 Å². The van der Waals surface area contributed by atoms with E-state index in [1.54, 1.807) is 6.92 Å². The van der Waals surface area contributed by atoms with Crippen LogP contribution in [0.3, 0.4) is 0 Å². The maximum atomic E-state index is 11.4. The van der Waals surface area contributed by atoms with Crippen LogP contribution in [-0.2, 0) is 14.8 Å². The van der Waals surface area contributed by atoms with Crippen LogP contribution in [0.5, 0.6) is 0 Å². The highest BCUT2D eigenvalue weighted by atomic mass is 32.2. The Labute approximate surface area is 119 Å². The van der Waals surface area contributed by atoms with Gasteiger partial charge in [-0.15, -0.1) is 0 Å². The summed E-state index contributed by atoms with van der Waals surface area (Å²) in [5.74, 6) is 1.52. The molecule has 0 radical (unpaired) electrons. The van der Waals surface area contributed by atoms with Crippen LogP contribution in [0.4, 0.5) is 0 Å². The lowest BCUT2D eigenvalue weighted by atomic mass is 10.2. The quantitative estimate of drug-likeness (QED) is 0.730. The molecule has 1 saturated heterocycles. The number of aromatic nitrogens is 3. The third-order valence-corrected chi connectivity index (χ3v) is 4.59. The number of sulfonamides is 1. The van der Waals surface area contributed by atoms with Crippen LogP contribution in [0.2, 0.25) is 0 Å². The predicted octanol–water partition coefficient (Wildman–Crippen LogP) is -0.574. The summed E-state index contributed by atoms with van der Waals surface area (Å²) in [6.07, 6.45) is -0.156. The van der Waals surface area contributed by atoms with Crippen molar-refractivity contribution in [3.63, 3.8) is 0 Å². The zero-order chi connectivity index (χ0) is 14.6. The molecule has 1 aromatic heterocycles. The monoisotopic (exact) mass is 303 g/mol. The molecule has 9 heteroatoms. The van der Waals surface area contributed by atoms with E-state index in [2.05, 4.69) is 24.8 Å². The molecule has 8 nitrogen and oxygen atoms in total. The van der Waals surface area contributed by atoms with Crippen molar-refractivity contribution in [3.05, 3.63) is 11.6 Å². The van der Waals surface area contributed by atoms with Gasteiger partial charge < -0.3 is 4.74 Å². The standard InChI is InChI=1S/C11H21N5O3S/c1-3-20(17,18)12-4-5-16-6-7-19-10(8-16)11-13-9(2)14-15-11/h10,12H,3-8H2,1-2H3,(H,13,14,15)/t10-/m0/s1. The first-order valence-electron chi connectivity index (χ1n) is 6.70. The Bertz CT molecular complexity index is 530. The molecule has 0 amide bonds. The van der Waals surface area contributed by atoms with Gasteiger partial charge in [0.2, 0.25) is 10.0 Å². The molecule has 0 aliphatic carbocycles. The minimum absolute atomic E-state index is 0.106. The average molecular weight is 303 g/mol. The number of rotatable bonds is 6. The summed E-state index contributed by atoms with van der Waals surface area (Å²) in [5, 5.41) is 6.91. The zero-order valence-corrected chi connectivity index (χ0v) is 12.6. The van der Waals surface area contributed by atoms with E-state index in [0.717, 1.165) is 12.4 Å². The van der Waals surface area contributed by atoms with Gasteiger partial charge in [0.05, 0.1) is 12.4 Å². The van der Waals surface area contributed by atoms with Crippen molar-refractivity contribution >= 4 is 10.0 Å². The normalized spacial score (nSPS) is 21.2. The Morgan fingerprint density at radius 3 is 3.00 bits per heavy atom. The number of hydrogen-bond donors (Lipinski definition) is 2. The fourth-order valence-electron chi connectivity index (χ4n) is 2.03. The van der Waals surface area contributed by atoms with Gasteiger partial charge in [-0.3, -0.25) is 10.00 Å². The van der Waals surface area contributed by atoms with Crippen molar-refractivity contribution < 1.29 is 13.2 Å². The summed E-state index contributed by atoms with van der Waals surface area (Å²) in [4.78, 5) is 6.42. The lowest BCUT2D eigenvalue weighted by Crippen LogP contribution is -2.43. The largest absolute Gasteiger partial charge is 0.367 e. The minimum atomic E-state index is -3.12. The molecular formula is C11H21N5O3S. The second-order valence-electron chi connectivity index (χ2n) is 4.74. The van der Waals surface area contributed by atoms with Crippen LogP contribution in [0, 0.1) is 6.92 Å². The van der Waals surface area contributed by atoms with Gasteiger partial charge in [-0.2, -0.15) is 5.10 Å². The third-order valence-electron chi connectivity index (χ3n) is 3.18. The van der Waals surface area contributed by atoms with Crippen LogP contribution in [-0.4, -0.2) is 67.0 Å². The molecule has 1 aliphatic heterocycles. The highest BCUT2D eigenvalue weighted by Crippen LogP contribution is 2.18. The molecule has 0 bridgehead atoms. The SMILES string of the molecule is CCS(=O)(=O)NCCN1CCO[C@H](c2n[nH]c(C)n2)C1. The first kappa shape index (κ1) is 15.4. The predicted molar refractivity (Wildman–Crippen MR) is 73.7 cm³/mol. The number of nitrogens with zero attached hydrogens (tertiary/aromatic N) is 3. The third kappa shape index (κ3) is 4.23. The zero-order valence-electron chi connectivity index (χ0n) is 11.8. The average Bonchev–Trinajstić information content (AvgIpc) is 2.86. The van der Waals surface area contributed by atoms with Crippen LogP contribution in [0.15, 0.2) is 0 Å². The van der Waals surface area contributed by atoms with E-state index < -0.39 is 10.0 Å². The molecule has 20 heavy (non-hydrogen) atoms. The summed E-state index contributed by atoms with van der Waals surface area (Å²) in [6, 6.07) is 0. The Morgan fingerprint density at radius 2 is 2.35 bits per heavy atom. The number of hydrogen-bond acceptors (Lipinski definition) is 6. The molecule has 2 rings (SSSR count). The molecule has 0 aromatic carbocycles. The Kier molecular flexibility index (Phi) is 5.08. The number of ether oxygens (including phenoxy) is 1. The molecule has 1 atom stereocenters. The number of aromatic amines is 1. The lowest BCUT2D eigenvalue weighted by molar-refractivity contribution is -0.0333. The van der Waals surface area contributed by atoms with E-state index in [-0.39, 0.29) is 11.9 Å². The number of H-pyrrole nitrogens is 1. The molecule has 1 aromatic rings. The fourth-order valence-corrected chi connectivity index (χ4v) is 2.63. The number of aryl methyl sites for hydroxylation is 1. The van der Waals surface area contributed by atoms with Crippen molar-refractivity contribution in [2.24, 2.45) is 0 Å². The van der Waals surface area contributed by atoms with Crippen molar-refractivity contribution in [1.82, 2.24) is 24.8 Å². The summed E-state index contributed by atoms with van der Waals surface area (Å²) >= 11 is 0. The molecule has 114 valence electrons. The Hall–Kier alpha value is -1.03. The van der Waals surface area contributed by atoms with Gasteiger partial charge in [0.15, 0.2) is 5.82 Å². The summed E-state index contributed by atoms with van der Waals surface area (Å²) in [7, 11) is -3.12. The molecule has 0 saturated carbocycles. The first-order valence-corrected chi connectivity index (χ1v) is 8.35. The van der Waals surface area contributed by atoms with Crippen molar-refractivity contribution in [2.75, 3.05) is 38.5 Å². The van der Waals surface area contributed by atoms with Gasteiger partial charge in [0.1, 0.15) is 11.9 Å². The van der Waals surface area contributed by atoms with E-state index in [4.69, 9.17) is 4.74 Å². The van der Waals surface area contributed by atoms with Gasteiger partial charge in [-0.05, 0) is 13.8 Å². The second-order valence-corrected chi connectivity index (χ2v) is 6.83. The molecule has 2 heterocycles. The maximum absolute atomic E-state index is 11.4. The summed E-state index contributed by atoms with van der Waals surface area (Å²) in [5.41, 5.74) is 0. The van der Waals surface area contributed by atoms with Gasteiger partial charge in [-0.1, -0.05) is 0 Å². The summed E-state index contributed by atoms with van der Waals surface area (Å²) in [6.45, 7) is 6.59. The molecule has 0 spiro atoms. The number of nitrogens with one attached hydrogen (secondary N) is 2. The Balaban J connectivity index is 1.82. The van der Waals surface area contributed by atoms with Crippen molar-refractivity contribution in [3.8, 4) is 0 Å². The van der Waals surface area contributed by atoms with E-state index in [0.29, 0.717) is 32.1 Å². The van der Waals surface area contributed by atoms with Crippen molar-refractivity contribution in [1.29, 1.82) is 0 Å². The van der Waals surface area contributed by atoms with E-state index in [9.17, 15) is 8.42 Å². The molecule has 2 N–H and O–H groups in total. The number of morpholine rings is 1. The van der Waals surface area contributed by atoms with Gasteiger partial charge in [0, 0.05) is 26.2 Å². The van der Waals surface area contributed by atoms with Crippen LogP contribution >= 0.6 is 0 Å². The van der Waals surface area contributed by atoms with Crippen LogP contribution < -0.4 is 4.72 Å². The summed E-state index contributed by atoms with van der Waals surface area (Å²) < 4.78 is 30.9. The van der Waals surface area contributed by atoms with Crippen LogP contribution in [0.1, 0.15) is 24.7 Å². The fraction of sp³-hybridized carbons (Fsp3) is 0.818. The van der Waals surface area contributed by atoms with Crippen molar-refractivity contribution in [2.45, 2.75) is 20.0 Å². The second kappa shape index (κ2) is 6.61. The minimum Gasteiger partial charge on any atom is -0.367 e. The van der Waals surface area contributed by atoms with E-state index in [1.807, 2.05) is 6.92 Å². The lowest BCUT2D eigenvalue weighted by Gasteiger charge is -2.31. The molecule has 0 unspecified atom stereocenters. The van der Waals surface area contributed by atoms with Gasteiger partial charge >= 0.3 is 0 Å². The van der Waals surface area contributed by atoms with E-state index in [1.165, 1.54) is 0 Å². The smallest absolute Gasteiger partial charge is 0.211 e. The highest BCUT2D eigenvalue weighted by Gasteiger charge is 2.24. The molecule has 1 fully saturated rings. The van der Waals surface area contributed by atoms with Crippen LogP contribution in [0.25, 0.3) is 0 Å². The van der Waals surface area contributed by atoms with Gasteiger partial charge in [-0.25, -0.2) is 18.1 Å². The van der Waals surface area contributed by atoms with E-state index >= 15 is 0 Å². The molecular weight excluding hydrogens is 282 g/mol. The maximum Gasteiger partial charge on any atom is 0.211 e. The van der Waals surface area contributed by atoms with Gasteiger partial charge in [0.25, 0.3) is 0 Å².